The van der Waals surface area contributed by atoms with E-state index in [0.717, 1.165) is 19.4 Å². The Bertz CT molecular complexity index is 531. The molecule has 2 saturated heterocycles. The zero-order valence-electron chi connectivity index (χ0n) is 12.4. The van der Waals surface area contributed by atoms with Crippen LogP contribution in [0.2, 0.25) is 0 Å². The van der Waals surface area contributed by atoms with E-state index in [1.165, 1.54) is 0 Å². The first-order valence-electron chi connectivity index (χ1n) is 7.59. The van der Waals surface area contributed by atoms with Crippen molar-refractivity contribution in [3.05, 3.63) is 35.9 Å². The number of benzene rings is 1. The third kappa shape index (κ3) is 3.44. The molecule has 0 saturated carbocycles. The number of carbonyl (C=O) groups is 2. The number of rotatable bonds is 4. The first-order valence-corrected chi connectivity index (χ1v) is 8.74. The van der Waals surface area contributed by atoms with Crippen molar-refractivity contribution >= 4 is 23.6 Å². The minimum absolute atomic E-state index is 0.0789. The van der Waals surface area contributed by atoms with E-state index in [0.29, 0.717) is 23.7 Å². The fraction of sp³-hybridized carbons (Fsp3) is 0.500. The first kappa shape index (κ1) is 15.4. The minimum atomic E-state index is -0.390. The molecular weight excluding hydrogens is 300 g/mol. The second-order valence-electron chi connectivity index (χ2n) is 5.54. The van der Waals surface area contributed by atoms with Crippen LogP contribution in [0.15, 0.2) is 30.3 Å². The summed E-state index contributed by atoms with van der Waals surface area (Å²) in [5.41, 5.74) is 0.627. The lowest BCUT2D eigenvalue weighted by atomic mass is 10.1. The van der Waals surface area contributed by atoms with E-state index in [1.54, 1.807) is 28.8 Å². The van der Waals surface area contributed by atoms with Crippen LogP contribution in [0.3, 0.4) is 0 Å². The quantitative estimate of drug-likeness (QED) is 0.913. The summed E-state index contributed by atoms with van der Waals surface area (Å²) in [5.74, 6) is 1.05. The molecule has 5 nitrogen and oxygen atoms in total. The highest BCUT2D eigenvalue weighted by molar-refractivity contribution is 7.99. The summed E-state index contributed by atoms with van der Waals surface area (Å²) in [7, 11) is 0. The summed E-state index contributed by atoms with van der Waals surface area (Å²) in [6.07, 6.45) is 2.17. The highest BCUT2D eigenvalue weighted by atomic mass is 32.2. The summed E-state index contributed by atoms with van der Waals surface area (Å²) in [6, 6.07) is 8.73. The molecule has 0 radical (unpaired) electrons. The van der Waals surface area contributed by atoms with Crippen LogP contribution in [0.5, 0.6) is 0 Å². The molecule has 0 spiro atoms. The van der Waals surface area contributed by atoms with E-state index in [-0.39, 0.29) is 24.0 Å². The molecule has 0 aliphatic carbocycles. The van der Waals surface area contributed by atoms with Crippen molar-refractivity contribution in [1.29, 1.82) is 0 Å². The number of amides is 2. The van der Waals surface area contributed by atoms with E-state index in [4.69, 9.17) is 4.74 Å². The smallest absolute Gasteiger partial charge is 0.255 e. The average molecular weight is 320 g/mol. The molecule has 0 bridgehead atoms. The van der Waals surface area contributed by atoms with Crippen molar-refractivity contribution in [2.75, 3.05) is 24.8 Å². The zero-order valence-corrected chi connectivity index (χ0v) is 13.2. The van der Waals surface area contributed by atoms with Crippen LogP contribution >= 0.6 is 11.8 Å². The molecule has 3 rings (SSSR count). The third-order valence-corrected chi connectivity index (χ3v) is 5.01. The molecule has 2 atom stereocenters. The zero-order chi connectivity index (χ0) is 15.4. The van der Waals surface area contributed by atoms with Gasteiger partial charge in [0.25, 0.3) is 5.91 Å². The van der Waals surface area contributed by atoms with Gasteiger partial charge in [-0.1, -0.05) is 18.2 Å². The maximum Gasteiger partial charge on any atom is 0.255 e. The van der Waals surface area contributed by atoms with Crippen LogP contribution in [0, 0.1) is 0 Å². The molecular formula is C16H20N2O3S. The van der Waals surface area contributed by atoms with Gasteiger partial charge in [0, 0.05) is 24.5 Å². The monoisotopic (exact) mass is 320 g/mol. The van der Waals surface area contributed by atoms with E-state index < -0.39 is 0 Å². The molecule has 118 valence electrons. The van der Waals surface area contributed by atoms with Gasteiger partial charge in [0.2, 0.25) is 5.91 Å². The van der Waals surface area contributed by atoms with E-state index >= 15 is 0 Å². The molecule has 1 aromatic carbocycles. The van der Waals surface area contributed by atoms with Gasteiger partial charge in [-0.2, -0.15) is 0 Å². The molecule has 0 aromatic heterocycles. The fourth-order valence-electron chi connectivity index (χ4n) is 2.74. The highest BCUT2D eigenvalue weighted by Gasteiger charge is 2.35. The summed E-state index contributed by atoms with van der Waals surface area (Å²) in [4.78, 5) is 26.6. The molecule has 2 aliphatic rings. The Morgan fingerprint density at radius 3 is 2.86 bits per heavy atom. The highest BCUT2D eigenvalue weighted by Crippen LogP contribution is 2.23. The Labute approximate surface area is 134 Å². The number of thioether (sulfide) groups is 1. The Balaban J connectivity index is 1.60. The maximum absolute atomic E-state index is 12.5. The van der Waals surface area contributed by atoms with Crippen LogP contribution in [-0.4, -0.2) is 53.6 Å². The SMILES string of the molecule is O=C(NCC1CCCO1)C1CSCN1C(=O)c1ccccc1. The second kappa shape index (κ2) is 7.15. The molecule has 1 aromatic rings. The number of hydrogen-bond acceptors (Lipinski definition) is 4. The number of nitrogens with one attached hydrogen (secondary N) is 1. The van der Waals surface area contributed by atoms with Gasteiger partial charge in [0.05, 0.1) is 12.0 Å². The fourth-order valence-corrected chi connectivity index (χ4v) is 3.90. The maximum atomic E-state index is 12.5. The average Bonchev–Trinajstić information content (AvgIpc) is 3.24. The molecule has 2 amide bonds. The van der Waals surface area contributed by atoms with Gasteiger partial charge < -0.3 is 15.0 Å². The van der Waals surface area contributed by atoms with Crippen LogP contribution in [0.25, 0.3) is 0 Å². The van der Waals surface area contributed by atoms with Gasteiger partial charge in [-0.25, -0.2) is 0 Å². The van der Waals surface area contributed by atoms with Gasteiger partial charge in [0.1, 0.15) is 6.04 Å². The lowest BCUT2D eigenvalue weighted by molar-refractivity contribution is -0.124. The normalized spacial score (nSPS) is 24.5. The molecule has 22 heavy (non-hydrogen) atoms. The number of ether oxygens (including phenoxy) is 1. The lowest BCUT2D eigenvalue weighted by Crippen LogP contribution is -2.48. The van der Waals surface area contributed by atoms with Crippen molar-refractivity contribution in [2.24, 2.45) is 0 Å². The van der Waals surface area contributed by atoms with Crippen molar-refractivity contribution < 1.29 is 14.3 Å². The van der Waals surface area contributed by atoms with Gasteiger partial charge in [-0.15, -0.1) is 11.8 Å². The van der Waals surface area contributed by atoms with Crippen molar-refractivity contribution in [2.45, 2.75) is 25.0 Å². The van der Waals surface area contributed by atoms with Gasteiger partial charge in [0.15, 0.2) is 0 Å². The van der Waals surface area contributed by atoms with Crippen LogP contribution in [0.1, 0.15) is 23.2 Å². The van der Waals surface area contributed by atoms with Crippen molar-refractivity contribution in [3.8, 4) is 0 Å². The molecule has 6 heteroatoms. The predicted molar refractivity (Wildman–Crippen MR) is 85.7 cm³/mol. The second-order valence-corrected chi connectivity index (χ2v) is 6.54. The van der Waals surface area contributed by atoms with Gasteiger partial charge >= 0.3 is 0 Å². The van der Waals surface area contributed by atoms with Crippen LogP contribution in [0.4, 0.5) is 0 Å². The molecule has 2 unspecified atom stereocenters. The van der Waals surface area contributed by atoms with Crippen molar-refractivity contribution in [1.82, 2.24) is 10.2 Å². The van der Waals surface area contributed by atoms with Crippen LogP contribution < -0.4 is 5.32 Å². The molecule has 2 fully saturated rings. The Hall–Kier alpha value is -1.53. The number of hydrogen-bond donors (Lipinski definition) is 1. The Kier molecular flexibility index (Phi) is 5.00. The van der Waals surface area contributed by atoms with Gasteiger partial charge in [-0.05, 0) is 25.0 Å². The third-order valence-electron chi connectivity index (χ3n) is 3.99. The van der Waals surface area contributed by atoms with Gasteiger partial charge in [-0.3, -0.25) is 9.59 Å². The van der Waals surface area contributed by atoms with Crippen LogP contribution in [-0.2, 0) is 9.53 Å². The molecule has 2 heterocycles. The topological polar surface area (TPSA) is 58.6 Å². The van der Waals surface area contributed by atoms with E-state index in [9.17, 15) is 9.59 Å². The summed E-state index contributed by atoms with van der Waals surface area (Å²) < 4.78 is 5.51. The van der Waals surface area contributed by atoms with Crippen molar-refractivity contribution in [3.63, 3.8) is 0 Å². The first-order chi connectivity index (χ1) is 10.8. The summed E-state index contributed by atoms with van der Waals surface area (Å²) in [5, 5.41) is 2.93. The Morgan fingerprint density at radius 2 is 2.14 bits per heavy atom. The summed E-state index contributed by atoms with van der Waals surface area (Å²) >= 11 is 1.61. The largest absolute Gasteiger partial charge is 0.376 e. The lowest BCUT2D eigenvalue weighted by Gasteiger charge is -2.23. The standard InChI is InChI=1S/C16H20N2O3S/c19-15(17-9-13-7-4-8-21-13)14-10-22-11-18(14)16(20)12-5-2-1-3-6-12/h1-3,5-6,13-14H,4,7-11H2,(H,17,19). The Morgan fingerprint density at radius 1 is 1.32 bits per heavy atom. The number of nitrogens with zero attached hydrogens (tertiary/aromatic N) is 1. The number of carbonyl (C=O) groups excluding carboxylic acids is 2. The summed E-state index contributed by atoms with van der Waals surface area (Å²) in [6.45, 7) is 1.31. The molecule has 2 aliphatic heterocycles. The molecule has 1 N–H and O–H groups in total. The van der Waals surface area contributed by atoms with E-state index in [1.807, 2.05) is 18.2 Å². The predicted octanol–water partition coefficient (Wildman–Crippen LogP) is 1.50. The minimum Gasteiger partial charge on any atom is -0.376 e. The van der Waals surface area contributed by atoms with E-state index in [2.05, 4.69) is 5.32 Å².